The van der Waals surface area contributed by atoms with Gasteiger partial charge in [0.25, 0.3) is 5.56 Å². The number of carbonyl (C=O) groups is 1. The highest BCUT2D eigenvalue weighted by Crippen LogP contribution is 2.33. The Morgan fingerprint density at radius 3 is 2.88 bits per heavy atom. The largest absolute Gasteiger partial charge is 0.343 e. The molecule has 0 bridgehead atoms. The van der Waals surface area contributed by atoms with Gasteiger partial charge < -0.3 is 9.88 Å². The zero-order valence-electron chi connectivity index (χ0n) is 19.3. The number of hydrogen-bond donors (Lipinski definition) is 1. The minimum Gasteiger partial charge on any atom is -0.343 e. The molecule has 1 aliphatic carbocycles. The Balaban J connectivity index is 1.07. The van der Waals surface area contributed by atoms with Crippen LogP contribution in [0.4, 0.5) is 4.39 Å². The summed E-state index contributed by atoms with van der Waals surface area (Å²) in [4.78, 5) is 37.2. The molecule has 0 saturated carbocycles. The second kappa shape index (κ2) is 10.6. The molecule has 0 radical (unpaired) electrons. The van der Waals surface area contributed by atoms with Crippen LogP contribution in [-0.2, 0) is 29.8 Å². The number of likely N-dealkylation sites (tertiary alicyclic amines) is 1. The molecule has 1 aromatic carbocycles. The van der Waals surface area contributed by atoms with Gasteiger partial charge in [0.05, 0.1) is 11.1 Å². The van der Waals surface area contributed by atoms with Gasteiger partial charge in [-0.05, 0) is 74.1 Å². The second-order valence-corrected chi connectivity index (χ2v) is 11.6. The summed E-state index contributed by atoms with van der Waals surface area (Å²) in [6, 6.07) is 6.83. The molecule has 1 N–H and O–H groups in total. The summed E-state index contributed by atoms with van der Waals surface area (Å²) in [6.07, 6.45) is 7.68. The van der Waals surface area contributed by atoms with Crippen molar-refractivity contribution >= 4 is 39.2 Å². The summed E-state index contributed by atoms with van der Waals surface area (Å²) >= 11 is 3.32. The predicted molar refractivity (Wildman–Crippen MR) is 137 cm³/mol. The molecule has 3 aromatic rings. The maximum absolute atomic E-state index is 13.4. The highest BCUT2D eigenvalue weighted by molar-refractivity contribution is 7.98. The molecule has 1 amide bonds. The number of aromatic nitrogens is 2. The van der Waals surface area contributed by atoms with Crippen molar-refractivity contribution in [3.8, 4) is 0 Å². The Labute approximate surface area is 207 Å². The van der Waals surface area contributed by atoms with E-state index in [0.717, 1.165) is 67.4 Å². The fraction of sp³-hybridized carbons (Fsp3) is 0.500. The van der Waals surface area contributed by atoms with Gasteiger partial charge in [-0.25, -0.2) is 9.37 Å². The van der Waals surface area contributed by atoms with Crippen molar-refractivity contribution in [2.45, 2.75) is 57.1 Å². The number of thiophene rings is 1. The van der Waals surface area contributed by atoms with E-state index < -0.39 is 0 Å². The maximum atomic E-state index is 13.4. The van der Waals surface area contributed by atoms with E-state index in [4.69, 9.17) is 4.98 Å². The van der Waals surface area contributed by atoms with E-state index in [9.17, 15) is 14.0 Å². The van der Waals surface area contributed by atoms with Gasteiger partial charge >= 0.3 is 0 Å². The van der Waals surface area contributed by atoms with Crippen molar-refractivity contribution in [3.05, 3.63) is 62.3 Å². The first-order valence-corrected chi connectivity index (χ1v) is 14.2. The topological polar surface area (TPSA) is 66.1 Å². The number of amides is 1. The number of rotatable bonds is 7. The van der Waals surface area contributed by atoms with Crippen molar-refractivity contribution in [1.29, 1.82) is 0 Å². The van der Waals surface area contributed by atoms with Crippen LogP contribution in [-0.4, -0.2) is 39.6 Å². The van der Waals surface area contributed by atoms with Crippen molar-refractivity contribution in [1.82, 2.24) is 14.9 Å². The van der Waals surface area contributed by atoms with Gasteiger partial charge in [0.1, 0.15) is 16.5 Å². The lowest BCUT2D eigenvalue weighted by atomic mass is 9.90. The number of aryl methyl sites for hydroxylation is 2. The number of benzene rings is 1. The van der Waals surface area contributed by atoms with Gasteiger partial charge in [-0.1, -0.05) is 12.1 Å². The fourth-order valence-corrected chi connectivity index (χ4v) is 7.22. The minimum absolute atomic E-state index is 0.0165. The van der Waals surface area contributed by atoms with E-state index in [1.54, 1.807) is 35.2 Å². The maximum Gasteiger partial charge on any atom is 0.259 e. The van der Waals surface area contributed by atoms with E-state index in [1.807, 2.05) is 11.0 Å². The van der Waals surface area contributed by atoms with Gasteiger partial charge in [0, 0.05) is 30.1 Å². The quantitative estimate of drug-likeness (QED) is 0.459. The molecule has 8 heteroatoms. The average Bonchev–Trinajstić information content (AvgIpc) is 3.21. The number of hydrogen-bond acceptors (Lipinski definition) is 5. The first-order valence-electron chi connectivity index (χ1n) is 12.2. The van der Waals surface area contributed by atoms with E-state index in [-0.39, 0.29) is 17.3 Å². The SMILES string of the molecule is O=C(CCSCc1nc2sc3c(c2c(=O)[nH]1)CCCC3)N1CCC(Cc2cccc(F)c2)CC1. The van der Waals surface area contributed by atoms with Crippen molar-refractivity contribution < 1.29 is 9.18 Å². The number of aromatic amines is 1. The Hall–Kier alpha value is -2.19. The molecular weight excluding hydrogens is 469 g/mol. The molecule has 34 heavy (non-hydrogen) atoms. The lowest BCUT2D eigenvalue weighted by molar-refractivity contribution is -0.132. The number of thioether (sulfide) groups is 1. The smallest absolute Gasteiger partial charge is 0.259 e. The van der Waals surface area contributed by atoms with Crippen LogP contribution in [0.5, 0.6) is 0 Å². The Morgan fingerprint density at radius 2 is 2.06 bits per heavy atom. The highest BCUT2D eigenvalue weighted by Gasteiger charge is 2.23. The van der Waals surface area contributed by atoms with Crippen LogP contribution in [0.2, 0.25) is 0 Å². The van der Waals surface area contributed by atoms with Crippen LogP contribution in [0.3, 0.4) is 0 Å². The van der Waals surface area contributed by atoms with Crippen LogP contribution >= 0.6 is 23.1 Å². The first-order chi connectivity index (χ1) is 16.6. The van der Waals surface area contributed by atoms with Crippen LogP contribution < -0.4 is 5.56 Å². The van der Waals surface area contributed by atoms with E-state index >= 15 is 0 Å². The van der Waals surface area contributed by atoms with Crippen LogP contribution in [0.15, 0.2) is 29.1 Å². The molecule has 0 atom stereocenters. The minimum atomic E-state index is -0.184. The summed E-state index contributed by atoms with van der Waals surface area (Å²) in [6.45, 7) is 1.55. The molecule has 0 spiro atoms. The Kier molecular flexibility index (Phi) is 7.34. The summed E-state index contributed by atoms with van der Waals surface area (Å²) in [7, 11) is 0. The molecule has 3 heterocycles. The van der Waals surface area contributed by atoms with E-state index in [1.165, 1.54) is 22.9 Å². The standard InChI is InChI=1S/C26H30FN3O2S2/c27-19-5-3-4-18(15-19)14-17-8-11-30(12-9-17)23(31)10-13-33-16-22-28-25(32)24-20-6-1-2-7-21(20)34-26(24)29-22/h3-5,15,17H,1-2,6-14,16H2,(H,28,29,32). The number of nitrogens with one attached hydrogen (secondary N) is 1. The number of nitrogens with zero attached hydrogens (tertiary/aromatic N) is 2. The van der Waals surface area contributed by atoms with Gasteiger partial charge in [-0.3, -0.25) is 9.59 Å². The third-order valence-corrected chi connectivity index (χ3v) is 9.11. The summed E-state index contributed by atoms with van der Waals surface area (Å²) < 4.78 is 13.4. The molecule has 180 valence electrons. The second-order valence-electron chi connectivity index (χ2n) is 9.36. The molecule has 5 rings (SSSR count). The molecule has 1 fully saturated rings. The van der Waals surface area contributed by atoms with Crippen LogP contribution in [0, 0.1) is 11.7 Å². The zero-order chi connectivity index (χ0) is 23.5. The van der Waals surface area contributed by atoms with E-state index in [2.05, 4.69) is 4.98 Å². The monoisotopic (exact) mass is 499 g/mol. The van der Waals surface area contributed by atoms with Gasteiger partial charge in [-0.2, -0.15) is 11.8 Å². The summed E-state index contributed by atoms with van der Waals surface area (Å²) in [5, 5.41) is 0.796. The number of carbonyl (C=O) groups excluding carboxylic acids is 1. The first kappa shape index (κ1) is 23.5. The molecule has 0 unspecified atom stereocenters. The Morgan fingerprint density at radius 1 is 1.24 bits per heavy atom. The highest BCUT2D eigenvalue weighted by atomic mass is 32.2. The summed E-state index contributed by atoms with van der Waals surface area (Å²) in [5.74, 6) is 2.53. The van der Waals surface area contributed by atoms with Crippen molar-refractivity contribution in [3.63, 3.8) is 0 Å². The Bertz CT molecular complexity index is 1230. The fourth-order valence-electron chi connectivity index (χ4n) is 5.15. The van der Waals surface area contributed by atoms with Crippen LogP contribution in [0.25, 0.3) is 10.2 Å². The lowest BCUT2D eigenvalue weighted by Gasteiger charge is -2.32. The van der Waals surface area contributed by atoms with Gasteiger partial charge in [0.15, 0.2) is 0 Å². The molecule has 1 saturated heterocycles. The van der Waals surface area contributed by atoms with Gasteiger partial charge in [0.2, 0.25) is 5.91 Å². The van der Waals surface area contributed by atoms with Crippen molar-refractivity contribution in [2.24, 2.45) is 5.92 Å². The average molecular weight is 500 g/mol. The van der Waals surface area contributed by atoms with E-state index in [0.29, 0.717) is 29.7 Å². The molecule has 5 nitrogen and oxygen atoms in total. The number of fused-ring (bicyclic) bond motifs is 3. The molecule has 2 aromatic heterocycles. The molecular formula is C26H30FN3O2S2. The third kappa shape index (κ3) is 5.38. The van der Waals surface area contributed by atoms with Crippen molar-refractivity contribution in [2.75, 3.05) is 18.8 Å². The molecule has 2 aliphatic rings. The van der Waals surface area contributed by atoms with Gasteiger partial charge in [-0.15, -0.1) is 11.3 Å². The lowest BCUT2D eigenvalue weighted by Crippen LogP contribution is -2.39. The van der Waals surface area contributed by atoms with Crippen LogP contribution in [0.1, 0.15) is 53.9 Å². The number of H-pyrrole nitrogens is 1. The normalized spacial score (nSPS) is 16.7. The molecule has 1 aliphatic heterocycles. The zero-order valence-corrected chi connectivity index (χ0v) is 20.9. The predicted octanol–water partition coefficient (Wildman–Crippen LogP) is 5.11. The summed E-state index contributed by atoms with van der Waals surface area (Å²) in [5.41, 5.74) is 2.23. The number of halogens is 1. The number of piperidine rings is 1. The third-order valence-electron chi connectivity index (χ3n) is 6.95.